The van der Waals surface area contributed by atoms with Gasteiger partial charge in [0.2, 0.25) is 0 Å². The molecule has 5 heteroatoms. The lowest BCUT2D eigenvalue weighted by atomic mass is 10.1. The molecule has 0 saturated carbocycles. The molecule has 1 unspecified atom stereocenters. The second-order valence-electron chi connectivity index (χ2n) is 4.66. The Morgan fingerprint density at radius 3 is 2.95 bits per heavy atom. The summed E-state index contributed by atoms with van der Waals surface area (Å²) in [4.78, 5) is 4.17. The molecular weight excluding hydrogens is 257 g/mol. The summed E-state index contributed by atoms with van der Waals surface area (Å²) < 4.78 is 20.8. The monoisotopic (exact) mass is 277 g/mol. The molecule has 1 N–H and O–H groups in total. The van der Waals surface area contributed by atoms with Crippen molar-refractivity contribution in [2.75, 3.05) is 20.3 Å². The Hall–Kier alpha value is -1.72. The van der Waals surface area contributed by atoms with Gasteiger partial charge in [0.05, 0.1) is 24.7 Å². The van der Waals surface area contributed by atoms with E-state index in [-0.39, 0.29) is 11.9 Å². The van der Waals surface area contributed by atoms with E-state index in [1.54, 1.807) is 25.7 Å². The number of imidazole rings is 1. The molecule has 0 saturated heterocycles. The molecule has 20 heavy (non-hydrogen) atoms. The van der Waals surface area contributed by atoms with Gasteiger partial charge in [-0.3, -0.25) is 0 Å². The van der Waals surface area contributed by atoms with Crippen molar-refractivity contribution in [3.8, 4) is 0 Å². The summed E-state index contributed by atoms with van der Waals surface area (Å²) in [5, 5.41) is 3.27. The molecule has 0 radical (unpaired) electrons. The Kier molecular flexibility index (Phi) is 5.26. The zero-order chi connectivity index (χ0) is 14.4. The van der Waals surface area contributed by atoms with E-state index in [1.807, 2.05) is 23.6 Å². The number of nitrogens with one attached hydrogen (secondary N) is 1. The second-order valence-corrected chi connectivity index (χ2v) is 4.66. The van der Waals surface area contributed by atoms with Crippen molar-refractivity contribution in [2.24, 2.45) is 0 Å². The molecule has 2 aromatic rings. The maximum atomic E-state index is 13.9. The average Bonchev–Trinajstić information content (AvgIpc) is 2.92. The molecule has 0 aliphatic carbocycles. The normalized spacial score (nSPS) is 12.6. The number of halogens is 1. The van der Waals surface area contributed by atoms with Crippen LogP contribution in [0.25, 0.3) is 0 Å². The van der Waals surface area contributed by atoms with Crippen LogP contribution in [0.3, 0.4) is 0 Å². The van der Waals surface area contributed by atoms with Gasteiger partial charge in [0.25, 0.3) is 0 Å². The minimum absolute atomic E-state index is 0.0853. The van der Waals surface area contributed by atoms with Gasteiger partial charge in [-0.1, -0.05) is 18.2 Å². The van der Waals surface area contributed by atoms with E-state index >= 15 is 0 Å². The summed E-state index contributed by atoms with van der Waals surface area (Å²) in [5.41, 5.74) is 1.69. The van der Waals surface area contributed by atoms with Gasteiger partial charge in [-0.05, 0) is 13.0 Å². The Labute approximate surface area is 118 Å². The van der Waals surface area contributed by atoms with Gasteiger partial charge in [0.1, 0.15) is 5.82 Å². The summed E-state index contributed by atoms with van der Waals surface area (Å²) in [6.07, 6.45) is 3.54. The van der Waals surface area contributed by atoms with Gasteiger partial charge in [0.15, 0.2) is 0 Å². The van der Waals surface area contributed by atoms with Crippen LogP contribution in [-0.4, -0.2) is 29.8 Å². The van der Waals surface area contributed by atoms with Crippen LogP contribution in [0.15, 0.2) is 36.8 Å². The quantitative estimate of drug-likeness (QED) is 0.790. The summed E-state index contributed by atoms with van der Waals surface area (Å²) in [5.74, 6) is -0.188. The number of benzene rings is 1. The molecule has 0 spiro atoms. The highest BCUT2D eigenvalue weighted by molar-refractivity contribution is 5.22. The van der Waals surface area contributed by atoms with Gasteiger partial charge >= 0.3 is 0 Å². The van der Waals surface area contributed by atoms with Crippen molar-refractivity contribution in [3.63, 3.8) is 0 Å². The van der Waals surface area contributed by atoms with Gasteiger partial charge in [-0.15, -0.1) is 0 Å². The number of rotatable bonds is 7. The molecule has 0 bridgehead atoms. The van der Waals surface area contributed by atoms with Crippen LogP contribution in [0.1, 0.15) is 24.2 Å². The number of ether oxygens (including phenoxy) is 1. The lowest BCUT2D eigenvalue weighted by molar-refractivity contribution is 0.199. The Balaban J connectivity index is 2.09. The summed E-state index contributed by atoms with van der Waals surface area (Å²) in [6, 6.07) is 6.76. The van der Waals surface area contributed by atoms with E-state index in [0.717, 1.165) is 12.2 Å². The molecule has 1 heterocycles. The SMILES string of the molecule is COCCNCc1cncn1C(C)c1ccccc1F. The van der Waals surface area contributed by atoms with Crippen molar-refractivity contribution in [3.05, 3.63) is 53.9 Å². The maximum Gasteiger partial charge on any atom is 0.128 e. The smallest absolute Gasteiger partial charge is 0.128 e. The van der Waals surface area contributed by atoms with Crippen molar-refractivity contribution in [1.29, 1.82) is 0 Å². The van der Waals surface area contributed by atoms with Crippen LogP contribution in [-0.2, 0) is 11.3 Å². The third-order valence-electron chi connectivity index (χ3n) is 3.31. The summed E-state index contributed by atoms with van der Waals surface area (Å²) in [7, 11) is 1.67. The van der Waals surface area contributed by atoms with Crippen LogP contribution in [0.4, 0.5) is 4.39 Å². The van der Waals surface area contributed by atoms with Crippen LogP contribution >= 0.6 is 0 Å². The number of hydrogen-bond acceptors (Lipinski definition) is 3. The fraction of sp³-hybridized carbons (Fsp3) is 0.400. The first-order valence-electron chi connectivity index (χ1n) is 6.69. The van der Waals surface area contributed by atoms with Gasteiger partial charge in [0, 0.05) is 32.0 Å². The van der Waals surface area contributed by atoms with Crippen molar-refractivity contribution in [1.82, 2.24) is 14.9 Å². The van der Waals surface area contributed by atoms with Crippen LogP contribution < -0.4 is 5.32 Å². The minimum Gasteiger partial charge on any atom is -0.383 e. The molecule has 0 fully saturated rings. The summed E-state index contributed by atoms with van der Waals surface area (Å²) in [6.45, 7) is 4.09. The molecule has 0 aliphatic heterocycles. The lowest BCUT2D eigenvalue weighted by Gasteiger charge is -2.18. The predicted molar refractivity (Wildman–Crippen MR) is 76.0 cm³/mol. The van der Waals surface area contributed by atoms with E-state index < -0.39 is 0 Å². The third-order valence-corrected chi connectivity index (χ3v) is 3.31. The fourth-order valence-electron chi connectivity index (χ4n) is 2.17. The van der Waals surface area contributed by atoms with Gasteiger partial charge < -0.3 is 14.6 Å². The van der Waals surface area contributed by atoms with Crippen molar-refractivity contribution >= 4 is 0 Å². The first kappa shape index (κ1) is 14.7. The Bertz CT molecular complexity index is 541. The summed E-state index contributed by atoms with van der Waals surface area (Å²) >= 11 is 0. The molecule has 108 valence electrons. The topological polar surface area (TPSA) is 39.1 Å². The average molecular weight is 277 g/mol. The van der Waals surface area contributed by atoms with E-state index in [1.165, 1.54) is 6.07 Å². The van der Waals surface area contributed by atoms with Crippen LogP contribution in [0, 0.1) is 5.82 Å². The van der Waals surface area contributed by atoms with Gasteiger partial charge in [-0.25, -0.2) is 9.37 Å². The first-order chi connectivity index (χ1) is 9.74. The molecule has 1 aromatic carbocycles. The van der Waals surface area contributed by atoms with E-state index in [9.17, 15) is 4.39 Å². The molecule has 4 nitrogen and oxygen atoms in total. The number of methoxy groups -OCH3 is 1. The lowest BCUT2D eigenvalue weighted by Crippen LogP contribution is -2.21. The first-order valence-corrected chi connectivity index (χ1v) is 6.69. The largest absolute Gasteiger partial charge is 0.383 e. The third kappa shape index (κ3) is 3.43. The van der Waals surface area contributed by atoms with Crippen molar-refractivity contribution < 1.29 is 9.13 Å². The zero-order valence-electron chi connectivity index (χ0n) is 11.8. The molecule has 2 rings (SSSR count). The molecule has 1 aromatic heterocycles. The highest BCUT2D eigenvalue weighted by Gasteiger charge is 2.14. The second kappa shape index (κ2) is 7.17. The number of nitrogens with zero attached hydrogens (tertiary/aromatic N) is 2. The highest BCUT2D eigenvalue weighted by atomic mass is 19.1. The zero-order valence-corrected chi connectivity index (χ0v) is 11.8. The predicted octanol–water partition coefficient (Wildman–Crippen LogP) is 2.37. The number of aromatic nitrogens is 2. The van der Waals surface area contributed by atoms with Crippen molar-refractivity contribution in [2.45, 2.75) is 19.5 Å². The van der Waals surface area contributed by atoms with E-state index in [2.05, 4.69) is 10.3 Å². The highest BCUT2D eigenvalue weighted by Crippen LogP contribution is 2.22. The molecule has 0 amide bonds. The molecular formula is C15H20FN3O. The molecule has 1 atom stereocenters. The van der Waals surface area contributed by atoms with E-state index in [4.69, 9.17) is 4.74 Å². The van der Waals surface area contributed by atoms with Crippen LogP contribution in [0.5, 0.6) is 0 Å². The Morgan fingerprint density at radius 2 is 2.20 bits per heavy atom. The Morgan fingerprint density at radius 1 is 1.40 bits per heavy atom. The number of hydrogen-bond donors (Lipinski definition) is 1. The van der Waals surface area contributed by atoms with Crippen LogP contribution in [0.2, 0.25) is 0 Å². The standard InChI is InChI=1S/C15H20FN3O/c1-12(14-5-3-4-6-15(14)16)19-11-18-10-13(19)9-17-7-8-20-2/h3-6,10-12,17H,7-9H2,1-2H3. The van der Waals surface area contributed by atoms with Gasteiger partial charge in [-0.2, -0.15) is 0 Å². The maximum absolute atomic E-state index is 13.9. The molecule has 0 aliphatic rings. The van der Waals surface area contributed by atoms with E-state index in [0.29, 0.717) is 18.7 Å². The fourth-order valence-corrected chi connectivity index (χ4v) is 2.17. The minimum atomic E-state index is -0.188.